The van der Waals surface area contributed by atoms with E-state index >= 15 is 0 Å². The van der Waals surface area contributed by atoms with Gasteiger partial charge in [-0.25, -0.2) is 8.42 Å². The number of sulfonamides is 1. The molecule has 0 aliphatic heterocycles. The number of nitrogens with one attached hydrogen (secondary N) is 1. The maximum absolute atomic E-state index is 13.9. The fraction of sp³-hybridized carbons (Fsp3) is 0.355. The van der Waals surface area contributed by atoms with Crippen LogP contribution in [-0.2, 0) is 32.6 Å². The van der Waals surface area contributed by atoms with Crippen LogP contribution in [0.3, 0.4) is 0 Å². The molecule has 10 heteroatoms. The predicted molar refractivity (Wildman–Crippen MR) is 167 cm³/mol. The van der Waals surface area contributed by atoms with Crippen molar-refractivity contribution in [3.63, 3.8) is 0 Å². The summed E-state index contributed by atoms with van der Waals surface area (Å²) in [5.41, 5.74) is 3.16. The molecule has 0 aliphatic carbocycles. The number of rotatable bonds is 13. The molecule has 220 valence electrons. The Morgan fingerprint density at radius 2 is 1.59 bits per heavy atom. The standard InChI is InChI=1S/C31H37Cl2N3O4S/c1-22(2)34-31(38)29(19-24-9-6-5-7-10-24)35(21-25-14-12-23(3)13-15-25)30(37)11-8-18-36(41(4,39)40)28-20-26(32)16-17-27(28)33/h5-7,9-10,12-17,20,22,29H,8,11,18-19,21H2,1-4H3,(H,34,38)/t29-/m0/s1. The van der Waals surface area contributed by atoms with Gasteiger partial charge in [-0.3, -0.25) is 13.9 Å². The number of hydrogen-bond donors (Lipinski definition) is 1. The molecule has 3 aromatic carbocycles. The number of carbonyl (C=O) groups excluding carboxylic acids is 2. The van der Waals surface area contributed by atoms with Crippen LogP contribution in [0.15, 0.2) is 72.8 Å². The summed E-state index contributed by atoms with van der Waals surface area (Å²) in [7, 11) is -3.71. The van der Waals surface area contributed by atoms with Gasteiger partial charge >= 0.3 is 0 Å². The Kier molecular flexibility index (Phi) is 11.6. The summed E-state index contributed by atoms with van der Waals surface area (Å²) in [5.74, 6) is -0.496. The molecular formula is C31H37Cl2N3O4S. The molecule has 1 N–H and O–H groups in total. The predicted octanol–water partition coefficient (Wildman–Crippen LogP) is 6.01. The highest BCUT2D eigenvalue weighted by Crippen LogP contribution is 2.31. The van der Waals surface area contributed by atoms with Crippen molar-refractivity contribution >= 4 is 50.7 Å². The van der Waals surface area contributed by atoms with Crippen LogP contribution >= 0.6 is 23.2 Å². The van der Waals surface area contributed by atoms with Gasteiger partial charge in [0.1, 0.15) is 6.04 Å². The van der Waals surface area contributed by atoms with Crippen molar-refractivity contribution in [3.05, 3.63) is 99.5 Å². The van der Waals surface area contributed by atoms with Gasteiger partial charge in [-0.05, 0) is 56.5 Å². The van der Waals surface area contributed by atoms with E-state index in [9.17, 15) is 18.0 Å². The highest BCUT2D eigenvalue weighted by atomic mass is 35.5. The molecule has 0 saturated heterocycles. The molecule has 0 aliphatic rings. The van der Waals surface area contributed by atoms with Crippen LogP contribution in [0.1, 0.15) is 43.4 Å². The number of carbonyl (C=O) groups is 2. The molecule has 0 aromatic heterocycles. The Hall–Kier alpha value is -3.07. The van der Waals surface area contributed by atoms with Gasteiger partial charge in [0.05, 0.1) is 17.0 Å². The minimum Gasteiger partial charge on any atom is -0.352 e. The van der Waals surface area contributed by atoms with E-state index in [-0.39, 0.29) is 54.5 Å². The average Bonchev–Trinajstić information content (AvgIpc) is 2.90. The van der Waals surface area contributed by atoms with Crippen molar-refractivity contribution in [2.75, 3.05) is 17.1 Å². The Morgan fingerprint density at radius 1 is 0.927 bits per heavy atom. The van der Waals surface area contributed by atoms with E-state index < -0.39 is 16.1 Å². The molecular weight excluding hydrogens is 581 g/mol. The van der Waals surface area contributed by atoms with Gasteiger partial charge in [0.25, 0.3) is 0 Å². The topological polar surface area (TPSA) is 86.8 Å². The summed E-state index contributed by atoms with van der Waals surface area (Å²) in [4.78, 5) is 29.0. The normalized spacial score (nSPS) is 12.2. The second kappa shape index (κ2) is 14.7. The number of aryl methyl sites for hydroxylation is 1. The third-order valence-corrected chi connectivity index (χ3v) is 8.24. The number of nitrogens with zero attached hydrogens (tertiary/aromatic N) is 2. The summed E-state index contributed by atoms with van der Waals surface area (Å²) >= 11 is 12.4. The number of halogens is 2. The molecule has 0 unspecified atom stereocenters. The van der Waals surface area contributed by atoms with Crippen molar-refractivity contribution in [2.24, 2.45) is 0 Å². The highest BCUT2D eigenvalue weighted by molar-refractivity contribution is 7.92. The van der Waals surface area contributed by atoms with Crippen LogP contribution in [0.2, 0.25) is 10.0 Å². The summed E-state index contributed by atoms with van der Waals surface area (Å²) in [6, 6.07) is 21.1. The van der Waals surface area contributed by atoms with E-state index in [0.29, 0.717) is 11.4 Å². The van der Waals surface area contributed by atoms with E-state index in [1.54, 1.807) is 11.0 Å². The zero-order valence-electron chi connectivity index (χ0n) is 23.8. The van der Waals surface area contributed by atoms with Crippen LogP contribution in [0, 0.1) is 6.92 Å². The third kappa shape index (κ3) is 9.76. The monoisotopic (exact) mass is 617 g/mol. The Balaban J connectivity index is 1.89. The Morgan fingerprint density at radius 3 is 2.20 bits per heavy atom. The SMILES string of the molecule is Cc1ccc(CN(C(=O)CCCN(c2cc(Cl)ccc2Cl)S(C)(=O)=O)[C@@H](Cc2ccccc2)C(=O)NC(C)C)cc1. The lowest BCUT2D eigenvalue weighted by atomic mass is 10.0. The lowest BCUT2D eigenvalue weighted by molar-refractivity contribution is -0.141. The van der Waals surface area contributed by atoms with E-state index in [1.807, 2.05) is 75.4 Å². The molecule has 3 rings (SSSR count). The molecule has 0 heterocycles. The van der Waals surface area contributed by atoms with Crippen molar-refractivity contribution < 1.29 is 18.0 Å². The molecule has 0 fully saturated rings. The first-order valence-corrected chi connectivity index (χ1v) is 16.1. The summed E-state index contributed by atoms with van der Waals surface area (Å²) < 4.78 is 26.5. The van der Waals surface area contributed by atoms with Crippen molar-refractivity contribution in [3.8, 4) is 0 Å². The van der Waals surface area contributed by atoms with Gasteiger partial charge in [0, 0.05) is 37.0 Å². The number of benzene rings is 3. The van der Waals surface area contributed by atoms with Crippen LogP contribution < -0.4 is 9.62 Å². The molecule has 1 atom stereocenters. The molecule has 0 spiro atoms. The lowest BCUT2D eigenvalue weighted by Gasteiger charge is -2.32. The number of amides is 2. The molecule has 0 radical (unpaired) electrons. The maximum Gasteiger partial charge on any atom is 0.243 e. The van der Waals surface area contributed by atoms with Gasteiger partial charge in [-0.1, -0.05) is 83.4 Å². The van der Waals surface area contributed by atoms with Gasteiger partial charge in [0.2, 0.25) is 21.8 Å². The molecule has 0 saturated carbocycles. The fourth-order valence-corrected chi connectivity index (χ4v) is 5.89. The Labute approximate surface area is 253 Å². The second-order valence-corrected chi connectivity index (χ2v) is 13.2. The number of hydrogen-bond acceptors (Lipinski definition) is 4. The summed E-state index contributed by atoms with van der Waals surface area (Å²) in [6.07, 6.45) is 1.66. The smallest absolute Gasteiger partial charge is 0.243 e. The zero-order chi connectivity index (χ0) is 30.2. The fourth-order valence-electron chi connectivity index (χ4n) is 4.48. The third-order valence-electron chi connectivity index (χ3n) is 6.50. The van der Waals surface area contributed by atoms with E-state index in [1.165, 1.54) is 12.1 Å². The van der Waals surface area contributed by atoms with Gasteiger partial charge in [0.15, 0.2) is 0 Å². The lowest BCUT2D eigenvalue weighted by Crippen LogP contribution is -2.51. The van der Waals surface area contributed by atoms with Crippen molar-refractivity contribution in [1.29, 1.82) is 0 Å². The molecule has 0 bridgehead atoms. The van der Waals surface area contributed by atoms with Crippen LogP contribution in [0.4, 0.5) is 5.69 Å². The summed E-state index contributed by atoms with van der Waals surface area (Å²) in [6.45, 7) is 6.00. The van der Waals surface area contributed by atoms with Crippen LogP contribution in [0.25, 0.3) is 0 Å². The minimum absolute atomic E-state index is 0.0184. The van der Waals surface area contributed by atoms with Crippen molar-refractivity contribution in [1.82, 2.24) is 10.2 Å². The van der Waals surface area contributed by atoms with E-state index in [0.717, 1.165) is 27.3 Å². The van der Waals surface area contributed by atoms with Crippen LogP contribution in [0.5, 0.6) is 0 Å². The molecule has 3 aromatic rings. The van der Waals surface area contributed by atoms with Crippen LogP contribution in [-0.4, -0.2) is 50.0 Å². The van der Waals surface area contributed by atoms with Crippen molar-refractivity contribution in [2.45, 2.75) is 58.7 Å². The molecule has 7 nitrogen and oxygen atoms in total. The molecule has 41 heavy (non-hydrogen) atoms. The maximum atomic E-state index is 13.9. The minimum atomic E-state index is -3.71. The van der Waals surface area contributed by atoms with Gasteiger partial charge in [-0.15, -0.1) is 0 Å². The quantitative estimate of drug-likeness (QED) is 0.254. The highest BCUT2D eigenvalue weighted by Gasteiger charge is 2.31. The average molecular weight is 619 g/mol. The Bertz CT molecular complexity index is 1430. The van der Waals surface area contributed by atoms with E-state index in [2.05, 4.69) is 5.32 Å². The summed E-state index contributed by atoms with van der Waals surface area (Å²) in [5, 5.41) is 3.56. The first kappa shape index (κ1) is 32.4. The second-order valence-electron chi connectivity index (χ2n) is 10.4. The van der Waals surface area contributed by atoms with Gasteiger partial charge < -0.3 is 10.2 Å². The van der Waals surface area contributed by atoms with Gasteiger partial charge in [-0.2, -0.15) is 0 Å². The van der Waals surface area contributed by atoms with E-state index in [4.69, 9.17) is 23.2 Å². The first-order chi connectivity index (χ1) is 19.3. The zero-order valence-corrected chi connectivity index (χ0v) is 26.1. The largest absolute Gasteiger partial charge is 0.352 e. The number of anilines is 1. The first-order valence-electron chi connectivity index (χ1n) is 13.5. The molecule has 2 amide bonds.